The van der Waals surface area contributed by atoms with Crippen LogP contribution in [0.15, 0.2) is 36.4 Å². The van der Waals surface area contributed by atoms with Crippen molar-refractivity contribution in [2.24, 2.45) is 0 Å². The topological polar surface area (TPSA) is 35.0 Å². The maximum absolute atomic E-state index is 6.22. The monoisotopic (exact) mass is 298 g/mol. The number of hydrogen-bond donors (Lipinski definition) is 0. The lowest BCUT2D eigenvalue weighted by molar-refractivity contribution is 0.416. The Hall–Kier alpha value is -2.13. The number of nitrogens with zero attached hydrogens (tertiary/aromatic N) is 2. The molecular weight excluding hydrogens is 284 g/mol. The fourth-order valence-corrected chi connectivity index (χ4v) is 2.82. The van der Waals surface area contributed by atoms with Crippen molar-refractivity contribution in [3.05, 3.63) is 52.7 Å². The molecule has 21 heavy (non-hydrogen) atoms. The molecule has 3 nitrogen and oxygen atoms in total. The lowest BCUT2D eigenvalue weighted by Crippen LogP contribution is -1.96. The number of hydrogen-bond acceptors (Lipinski definition) is 3. The molecule has 1 aromatic heterocycles. The quantitative estimate of drug-likeness (QED) is 0.695. The van der Waals surface area contributed by atoms with E-state index in [1.165, 1.54) is 0 Å². The molecule has 4 heteroatoms. The maximum Gasteiger partial charge on any atom is 0.159 e. The highest BCUT2D eigenvalue weighted by Gasteiger charge is 2.15. The van der Waals surface area contributed by atoms with E-state index in [1.807, 2.05) is 50.2 Å². The molecule has 0 bridgehead atoms. The van der Waals surface area contributed by atoms with E-state index in [2.05, 4.69) is 10.2 Å². The average molecular weight is 299 g/mol. The van der Waals surface area contributed by atoms with Crippen molar-refractivity contribution in [3.63, 3.8) is 0 Å². The Morgan fingerprint density at radius 1 is 1.05 bits per heavy atom. The molecule has 3 aromatic rings. The van der Waals surface area contributed by atoms with Crippen LogP contribution in [0.2, 0.25) is 5.15 Å². The highest BCUT2D eigenvalue weighted by molar-refractivity contribution is 6.34. The summed E-state index contributed by atoms with van der Waals surface area (Å²) in [5.74, 6) is 0.787. The van der Waals surface area contributed by atoms with Crippen LogP contribution in [0.25, 0.3) is 22.0 Å². The first kappa shape index (κ1) is 13.8. The van der Waals surface area contributed by atoms with Crippen LogP contribution >= 0.6 is 11.6 Å². The van der Waals surface area contributed by atoms with Gasteiger partial charge in [-0.3, -0.25) is 0 Å². The van der Waals surface area contributed by atoms with Crippen molar-refractivity contribution >= 4 is 22.4 Å². The van der Waals surface area contributed by atoms with Crippen LogP contribution in [-0.4, -0.2) is 17.3 Å². The van der Waals surface area contributed by atoms with Crippen molar-refractivity contribution in [2.45, 2.75) is 13.8 Å². The number of ether oxygens (including phenoxy) is 1. The Kier molecular flexibility index (Phi) is 3.52. The fourth-order valence-electron chi connectivity index (χ4n) is 2.53. The summed E-state index contributed by atoms with van der Waals surface area (Å²) in [7, 11) is 1.66. The number of halogens is 1. The van der Waals surface area contributed by atoms with E-state index < -0.39 is 0 Å². The van der Waals surface area contributed by atoms with Gasteiger partial charge in [0.1, 0.15) is 11.4 Å². The summed E-state index contributed by atoms with van der Waals surface area (Å²) in [5, 5.41) is 10.7. The van der Waals surface area contributed by atoms with Gasteiger partial charge in [0.25, 0.3) is 0 Å². The lowest BCUT2D eigenvalue weighted by Gasteiger charge is -2.12. The maximum atomic E-state index is 6.22. The minimum Gasteiger partial charge on any atom is -0.496 e. The van der Waals surface area contributed by atoms with Crippen molar-refractivity contribution in [3.8, 4) is 17.0 Å². The van der Waals surface area contributed by atoms with Crippen molar-refractivity contribution in [2.75, 3.05) is 7.11 Å². The van der Waals surface area contributed by atoms with Crippen molar-refractivity contribution in [1.29, 1.82) is 0 Å². The van der Waals surface area contributed by atoms with E-state index in [0.717, 1.165) is 38.9 Å². The lowest BCUT2D eigenvalue weighted by atomic mass is 10.0. The molecule has 0 atom stereocenters. The molecule has 0 spiro atoms. The van der Waals surface area contributed by atoms with Gasteiger partial charge in [-0.1, -0.05) is 35.9 Å². The summed E-state index contributed by atoms with van der Waals surface area (Å²) < 4.78 is 5.49. The van der Waals surface area contributed by atoms with Crippen LogP contribution in [-0.2, 0) is 0 Å². The van der Waals surface area contributed by atoms with E-state index >= 15 is 0 Å². The normalized spacial score (nSPS) is 10.9. The smallest absolute Gasteiger partial charge is 0.159 e. The van der Waals surface area contributed by atoms with Crippen molar-refractivity contribution in [1.82, 2.24) is 10.2 Å². The zero-order valence-corrected chi connectivity index (χ0v) is 12.9. The van der Waals surface area contributed by atoms with Crippen molar-refractivity contribution < 1.29 is 4.74 Å². The van der Waals surface area contributed by atoms with Crippen LogP contribution in [0.3, 0.4) is 0 Å². The van der Waals surface area contributed by atoms with Gasteiger partial charge in [-0.05, 0) is 37.1 Å². The molecular formula is C17H15ClN2O. The highest BCUT2D eigenvalue weighted by Crippen LogP contribution is 2.36. The van der Waals surface area contributed by atoms with Gasteiger partial charge >= 0.3 is 0 Å². The van der Waals surface area contributed by atoms with Gasteiger partial charge in [0, 0.05) is 16.3 Å². The molecule has 0 aliphatic rings. The Bertz CT molecular complexity index is 822. The van der Waals surface area contributed by atoms with Gasteiger partial charge in [0.05, 0.1) is 7.11 Å². The molecule has 1 heterocycles. The number of aromatic nitrogens is 2. The summed E-state index contributed by atoms with van der Waals surface area (Å²) in [6, 6.07) is 12.1. The van der Waals surface area contributed by atoms with Gasteiger partial charge in [-0.2, -0.15) is 0 Å². The predicted octanol–water partition coefficient (Wildman–Crippen LogP) is 4.58. The number of benzene rings is 2. The van der Waals surface area contributed by atoms with Crippen LogP contribution in [0.5, 0.6) is 5.75 Å². The molecule has 0 amide bonds. The number of aryl methyl sites for hydroxylation is 2. The summed E-state index contributed by atoms with van der Waals surface area (Å²) >= 11 is 6.22. The molecule has 2 aromatic carbocycles. The molecule has 106 valence electrons. The van der Waals surface area contributed by atoms with Gasteiger partial charge < -0.3 is 4.74 Å². The minimum absolute atomic E-state index is 0.429. The zero-order chi connectivity index (χ0) is 15.0. The van der Waals surface area contributed by atoms with Gasteiger partial charge in [0.15, 0.2) is 5.15 Å². The molecule has 0 aliphatic heterocycles. The Labute approximate surface area is 128 Å². The first-order valence-electron chi connectivity index (χ1n) is 6.68. The second kappa shape index (κ2) is 5.34. The van der Waals surface area contributed by atoms with E-state index in [-0.39, 0.29) is 0 Å². The molecule has 0 unspecified atom stereocenters. The summed E-state index contributed by atoms with van der Waals surface area (Å²) in [6.07, 6.45) is 0. The third-order valence-electron chi connectivity index (χ3n) is 3.58. The third kappa shape index (κ3) is 2.34. The van der Waals surface area contributed by atoms with E-state index in [4.69, 9.17) is 16.3 Å². The minimum atomic E-state index is 0.429. The van der Waals surface area contributed by atoms with E-state index in [1.54, 1.807) is 7.11 Å². The first-order valence-corrected chi connectivity index (χ1v) is 7.06. The molecule has 0 saturated carbocycles. The second-order valence-corrected chi connectivity index (χ2v) is 5.40. The zero-order valence-electron chi connectivity index (χ0n) is 12.1. The SMILES string of the molecule is COc1cc(C)ccc1-c1nnc(Cl)c2c(C)cccc12. The summed E-state index contributed by atoms with van der Waals surface area (Å²) in [4.78, 5) is 0. The van der Waals surface area contributed by atoms with Gasteiger partial charge in [0.2, 0.25) is 0 Å². The van der Waals surface area contributed by atoms with Crippen LogP contribution in [0.4, 0.5) is 0 Å². The number of rotatable bonds is 2. The van der Waals surface area contributed by atoms with Gasteiger partial charge in [-0.15, -0.1) is 10.2 Å². The van der Waals surface area contributed by atoms with Crippen LogP contribution < -0.4 is 4.74 Å². The standard InChI is InChI=1S/C17H15ClN2O/c1-10-7-8-12(14(9-10)21-3)16-13-6-4-5-11(2)15(13)17(18)20-19-16/h4-9H,1-3H3. The molecule has 0 fully saturated rings. The highest BCUT2D eigenvalue weighted by atomic mass is 35.5. The first-order chi connectivity index (χ1) is 10.1. The Morgan fingerprint density at radius 3 is 2.62 bits per heavy atom. The van der Waals surface area contributed by atoms with E-state index in [0.29, 0.717) is 5.15 Å². The summed E-state index contributed by atoms with van der Waals surface area (Å²) in [6.45, 7) is 4.05. The Morgan fingerprint density at radius 2 is 1.86 bits per heavy atom. The third-order valence-corrected chi connectivity index (χ3v) is 3.85. The average Bonchev–Trinajstić information content (AvgIpc) is 2.48. The van der Waals surface area contributed by atoms with Crippen LogP contribution in [0, 0.1) is 13.8 Å². The molecule has 0 radical (unpaired) electrons. The molecule has 0 N–H and O–H groups in total. The predicted molar refractivity (Wildman–Crippen MR) is 86.0 cm³/mol. The van der Waals surface area contributed by atoms with E-state index in [9.17, 15) is 0 Å². The van der Waals surface area contributed by atoms with Crippen LogP contribution in [0.1, 0.15) is 11.1 Å². The fraction of sp³-hybridized carbons (Fsp3) is 0.176. The molecule has 0 saturated heterocycles. The molecule has 0 aliphatic carbocycles. The Balaban J connectivity index is 2.37. The number of methoxy groups -OCH3 is 1. The molecule has 3 rings (SSSR count). The largest absolute Gasteiger partial charge is 0.496 e. The number of fused-ring (bicyclic) bond motifs is 1. The summed E-state index contributed by atoms with van der Waals surface area (Å²) in [5.41, 5.74) is 3.93. The second-order valence-electron chi connectivity index (χ2n) is 5.04. The van der Waals surface area contributed by atoms with Gasteiger partial charge in [-0.25, -0.2) is 0 Å².